The number of unbranched alkanes of at least 4 members (excludes halogenated alkanes) is 2. The molecule has 0 heterocycles. The predicted octanol–water partition coefficient (Wildman–Crippen LogP) is 5.21. The van der Waals surface area contributed by atoms with Crippen LogP contribution in [0.1, 0.15) is 36.5 Å². The van der Waals surface area contributed by atoms with Gasteiger partial charge in [-0.3, -0.25) is 14.4 Å². The van der Waals surface area contributed by atoms with E-state index in [9.17, 15) is 13.2 Å². The molecule has 35 heavy (non-hydrogen) atoms. The summed E-state index contributed by atoms with van der Waals surface area (Å²) >= 11 is 5.24. The van der Waals surface area contributed by atoms with E-state index in [0.717, 1.165) is 19.3 Å². The third-order valence-corrected chi connectivity index (χ3v) is 7.25. The van der Waals surface area contributed by atoms with Gasteiger partial charge in [0.15, 0.2) is 5.11 Å². The van der Waals surface area contributed by atoms with Gasteiger partial charge in [0.1, 0.15) is 5.75 Å². The molecule has 3 rings (SSSR count). The zero-order valence-corrected chi connectivity index (χ0v) is 21.4. The molecule has 0 atom stereocenters. The van der Waals surface area contributed by atoms with E-state index in [1.807, 2.05) is 6.07 Å². The fourth-order valence-electron chi connectivity index (χ4n) is 3.23. The Morgan fingerprint density at radius 1 is 0.943 bits per heavy atom. The van der Waals surface area contributed by atoms with Gasteiger partial charge in [-0.15, -0.1) is 0 Å². The van der Waals surface area contributed by atoms with Crippen LogP contribution in [0.15, 0.2) is 83.8 Å². The maximum atomic E-state index is 12.9. The molecule has 3 aromatic carbocycles. The Hall–Kier alpha value is -3.43. The number of thiocarbonyl (C=S) groups is 1. The number of amides is 1. The van der Waals surface area contributed by atoms with Crippen molar-refractivity contribution in [3.63, 3.8) is 0 Å². The molecule has 0 saturated carbocycles. The van der Waals surface area contributed by atoms with Crippen molar-refractivity contribution in [3.8, 4) is 5.75 Å². The summed E-state index contributed by atoms with van der Waals surface area (Å²) in [5.41, 5.74) is 1.56. The summed E-state index contributed by atoms with van der Waals surface area (Å²) in [6, 6.07) is 21.8. The number of carbonyl (C=O) groups excluding carboxylic acids is 1. The molecule has 184 valence electrons. The maximum absolute atomic E-state index is 12.9. The highest BCUT2D eigenvalue weighted by molar-refractivity contribution is 7.92. The fourth-order valence-corrected chi connectivity index (χ4v) is 4.63. The molecular formula is C26H29N3O4S2. The molecule has 0 aliphatic rings. The molecule has 2 N–H and O–H groups in total. The van der Waals surface area contributed by atoms with E-state index in [1.54, 1.807) is 60.7 Å². The lowest BCUT2D eigenvalue weighted by Crippen LogP contribution is -2.34. The highest BCUT2D eigenvalue weighted by Gasteiger charge is 2.21. The first-order chi connectivity index (χ1) is 16.8. The van der Waals surface area contributed by atoms with Gasteiger partial charge < -0.3 is 10.1 Å². The summed E-state index contributed by atoms with van der Waals surface area (Å²) in [4.78, 5) is 12.6. The minimum atomic E-state index is -3.71. The van der Waals surface area contributed by atoms with Crippen LogP contribution in [0.2, 0.25) is 0 Å². The van der Waals surface area contributed by atoms with Crippen LogP contribution in [0.3, 0.4) is 0 Å². The van der Waals surface area contributed by atoms with Crippen LogP contribution in [0.25, 0.3) is 0 Å². The zero-order valence-electron chi connectivity index (χ0n) is 19.7. The Bertz CT molecular complexity index is 1230. The van der Waals surface area contributed by atoms with Gasteiger partial charge in [-0.05, 0) is 79.3 Å². The van der Waals surface area contributed by atoms with Crippen molar-refractivity contribution in [1.29, 1.82) is 0 Å². The molecule has 0 radical (unpaired) electrons. The van der Waals surface area contributed by atoms with E-state index < -0.39 is 10.0 Å². The van der Waals surface area contributed by atoms with Gasteiger partial charge in [0.2, 0.25) is 0 Å². The van der Waals surface area contributed by atoms with Crippen LogP contribution in [0.5, 0.6) is 5.75 Å². The summed E-state index contributed by atoms with van der Waals surface area (Å²) in [7, 11) is -2.21. The number of para-hydroxylation sites is 1. The molecule has 1 amide bonds. The van der Waals surface area contributed by atoms with Crippen molar-refractivity contribution >= 4 is 44.6 Å². The van der Waals surface area contributed by atoms with Crippen molar-refractivity contribution in [2.45, 2.75) is 31.1 Å². The lowest BCUT2D eigenvalue weighted by molar-refractivity contribution is 0.0977. The zero-order chi connectivity index (χ0) is 25.3. The molecule has 0 aliphatic carbocycles. The molecule has 3 aromatic rings. The quantitative estimate of drug-likeness (QED) is 0.287. The Morgan fingerprint density at radius 3 is 2.23 bits per heavy atom. The predicted molar refractivity (Wildman–Crippen MR) is 144 cm³/mol. The van der Waals surface area contributed by atoms with E-state index in [-0.39, 0.29) is 15.9 Å². The first-order valence-corrected chi connectivity index (χ1v) is 13.2. The van der Waals surface area contributed by atoms with Crippen LogP contribution in [0, 0.1) is 0 Å². The first kappa shape index (κ1) is 26.2. The van der Waals surface area contributed by atoms with E-state index in [0.29, 0.717) is 29.3 Å². The minimum absolute atomic E-state index is 0.104. The summed E-state index contributed by atoms with van der Waals surface area (Å²) in [6.45, 7) is 2.79. The number of hydrogen-bond donors (Lipinski definition) is 2. The maximum Gasteiger partial charge on any atom is 0.264 e. The van der Waals surface area contributed by atoms with Gasteiger partial charge in [0.05, 0.1) is 17.2 Å². The van der Waals surface area contributed by atoms with E-state index in [1.165, 1.54) is 23.5 Å². The summed E-state index contributed by atoms with van der Waals surface area (Å²) in [5, 5.41) is 5.63. The second kappa shape index (κ2) is 12.3. The smallest absolute Gasteiger partial charge is 0.264 e. The van der Waals surface area contributed by atoms with Crippen LogP contribution in [-0.2, 0) is 10.0 Å². The second-order valence-corrected chi connectivity index (χ2v) is 10.2. The highest BCUT2D eigenvalue weighted by Crippen LogP contribution is 2.23. The molecule has 0 bridgehead atoms. The van der Waals surface area contributed by atoms with Gasteiger partial charge in [-0.25, -0.2) is 8.42 Å². The average molecular weight is 512 g/mol. The molecule has 0 aromatic heterocycles. The number of sulfonamides is 1. The fraction of sp³-hybridized carbons (Fsp3) is 0.231. The van der Waals surface area contributed by atoms with Gasteiger partial charge >= 0.3 is 0 Å². The van der Waals surface area contributed by atoms with Crippen molar-refractivity contribution in [2.75, 3.05) is 23.3 Å². The molecule has 0 aliphatic heterocycles. The van der Waals surface area contributed by atoms with Crippen LogP contribution in [-0.4, -0.2) is 33.1 Å². The normalized spacial score (nSPS) is 10.9. The lowest BCUT2D eigenvalue weighted by Gasteiger charge is -2.19. The van der Waals surface area contributed by atoms with Gasteiger partial charge in [-0.2, -0.15) is 0 Å². The number of carbonyl (C=O) groups is 1. The van der Waals surface area contributed by atoms with Crippen molar-refractivity contribution in [3.05, 3.63) is 84.4 Å². The topological polar surface area (TPSA) is 87.7 Å². The number of benzene rings is 3. The van der Waals surface area contributed by atoms with E-state index in [4.69, 9.17) is 17.0 Å². The Balaban J connectivity index is 1.55. The summed E-state index contributed by atoms with van der Waals surface area (Å²) in [6.07, 6.45) is 3.24. The van der Waals surface area contributed by atoms with Gasteiger partial charge in [0, 0.05) is 18.3 Å². The van der Waals surface area contributed by atoms with Crippen LogP contribution < -0.4 is 19.7 Å². The number of rotatable bonds is 10. The molecule has 0 saturated heterocycles. The van der Waals surface area contributed by atoms with Crippen LogP contribution in [0.4, 0.5) is 11.4 Å². The van der Waals surface area contributed by atoms with E-state index in [2.05, 4.69) is 17.6 Å². The molecule has 0 fully saturated rings. The Labute approximate surface area is 212 Å². The number of anilines is 2. The monoisotopic (exact) mass is 511 g/mol. The number of hydrogen-bond acceptors (Lipinski definition) is 5. The molecular weight excluding hydrogens is 482 g/mol. The second-order valence-electron chi connectivity index (χ2n) is 7.82. The molecule has 7 nitrogen and oxygen atoms in total. The standard InChI is InChI=1S/C26H29N3O4S2/c1-3-4-8-19-33-23-15-11-20(12-16-23)25(30)28-26(34)27-21-13-17-24(18-14-21)35(31,32)29(2)22-9-6-5-7-10-22/h5-7,9-18H,3-4,8,19H2,1-2H3,(H2,27,28,30,34). The lowest BCUT2D eigenvalue weighted by atomic mass is 10.2. The third-order valence-electron chi connectivity index (χ3n) is 5.25. The average Bonchev–Trinajstić information content (AvgIpc) is 2.87. The van der Waals surface area contributed by atoms with Gasteiger partial charge in [-0.1, -0.05) is 38.0 Å². The van der Waals surface area contributed by atoms with Crippen LogP contribution >= 0.6 is 12.2 Å². The van der Waals surface area contributed by atoms with Crippen molar-refractivity contribution in [1.82, 2.24) is 5.32 Å². The number of nitrogens with zero attached hydrogens (tertiary/aromatic N) is 1. The molecule has 9 heteroatoms. The molecule has 0 unspecified atom stereocenters. The summed E-state index contributed by atoms with van der Waals surface area (Å²) < 4.78 is 32.7. The minimum Gasteiger partial charge on any atom is -0.494 e. The van der Waals surface area contributed by atoms with Crippen molar-refractivity contribution < 1.29 is 17.9 Å². The number of ether oxygens (including phenoxy) is 1. The number of nitrogens with one attached hydrogen (secondary N) is 2. The van der Waals surface area contributed by atoms with Crippen molar-refractivity contribution in [2.24, 2.45) is 0 Å². The van der Waals surface area contributed by atoms with Gasteiger partial charge in [0.25, 0.3) is 15.9 Å². The first-order valence-electron chi connectivity index (χ1n) is 11.3. The van der Waals surface area contributed by atoms with E-state index >= 15 is 0 Å². The SMILES string of the molecule is CCCCCOc1ccc(C(=O)NC(=S)Nc2ccc(S(=O)(=O)N(C)c3ccccc3)cc2)cc1. The molecule has 0 spiro atoms. The Morgan fingerprint density at radius 2 is 1.60 bits per heavy atom. The largest absolute Gasteiger partial charge is 0.494 e. The Kier molecular flexibility index (Phi) is 9.22. The third kappa shape index (κ3) is 7.27. The summed E-state index contributed by atoms with van der Waals surface area (Å²) in [5.74, 6) is 0.357. The highest BCUT2D eigenvalue weighted by atomic mass is 32.2.